The Labute approximate surface area is 195 Å². The standard InChI is InChI=1S/C23H26N4O3S2/c28-21(16-32-19-5-2-1-3-6-19)25-18-13-24-27(14-18)15-22(29)26-10-8-17(9-11-26)23(30)20-7-4-12-31-20/h1-7,12-14,17,23,30H,8-11,15-16H2,(H,25,28)/t23-/m0/s1. The van der Waals surface area contributed by atoms with Gasteiger partial charge in [0.1, 0.15) is 6.54 Å². The summed E-state index contributed by atoms with van der Waals surface area (Å²) in [5, 5.41) is 19.5. The van der Waals surface area contributed by atoms with Crippen LogP contribution in [-0.4, -0.2) is 50.4 Å². The molecule has 0 radical (unpaired) electrons. The van der Waals surface area contributed by atoms with E-state index < -0.39 is 6.10 Å². The molecular weight excluding hydrogens is 444 g/mol. The molecule has 1 saturated heterocycles. The molecule has 1 aliphatic rings. The topological polar surface area (TPSA) is 87.5 Å². The third-order valence-electron chi connectivity index (χ3n) is 5.50. The van der Waals surface area contributed by atoms with Gasteiger partial charge in [-0.25, -0.2) is 0 Å². The number of aromatic nitrogens is 2. The van der Waals surface area contributed by atoms with Gasteiger partial charge < -0.3 is 15.3 Å². The number of nitrogens with zero attached hydrogens (tertiary/aromatic N) is 3. The number of aliphatic hydroxyl groups excluding tert-OH is 1. The minimum Gasteiger partial charge on any atom is -0.387 e. The average Bonchev–Trinajstić information content (AvgIpc) is 3.51. The number of anilines is 1. The molecule has 1 aromatic carbocycles. The van der Waals surface area contributed by atoms with Crippen LogP contribution in [0.4, 0.5) is 5.69 Å². The number of carbonyl (C=O) groups excluding carboxylic acids is 2. The Morgan fingerprint density at radius 2 is 1.97 bits per heavy atom. The molecule has 32 heavy (non-hydrogen) atoms. The Morgan fingerprint density at radius 1 is 1.19 bits per heavy atom. The molecule has 0 unspecified atom stereocenters. The highest BCUT2D eigenvalue weighted by Crippen LogP contribution is 2.33. The summed E-state index contributed by atoms with van der Waals surface area (Å²) in [6.45, 7) is 1.40. The van der Waals surface area contributed by atoms with Crippen molar-refractivity contribution in [3.8, 4) is 0 Å². The van der Waals surface area contributed by atoms with Crippen molar-refractivity contribution in [3.05, 3.63) is 65.1 Å². The fraction of sp³-hybridized carbons (Fsp3) is 0.348. The molecule has 9 heteroatoms. The highest BCUT2D eigenvalue weighted by Gasteiger charge is 2.28. The molecule has 4 rings (SSSR count). The van der Waals surface area contributed by atoms with Crippen molar-refractivity contribution in [2.75, 3.05) is 24.2 Å². The normalized spacial score (nSPS) is 15.5. The lowest BCUT2D eigenvalue weighted by atomic mass is 9.90. The summed E-state index contributed by atoms with van der Waals surface area (Å²) in [4.78, 5) is 28.7. The van der Waals surface area contributed by atoms with E-state index in [1.54, 1.807) is 28.4 Å². The molecule has 7 nitrogen and oxygen atoms in total. The van der Waals surface area contributed by atoms with Crippen molar-refractivity contribution >= 4 is 40.6 Å². The first-order valence-corrected chi connectivity index (χ1v) is 12.4. The maximum atomic E-state index is 12.7. The van der Waals surface area contributed by atoms with E-state index in [9.17, 15) is 14.7 Å². The number of hydrogen-bond donors (Lipinski definition) is 2. The molecular formula is C23H26N4O3S2. The fourth-order valence-electron chi connectivity index (χ4n) is 3.77. The van der Waals surface area contributed by atoms with Gasteiger partial charge in [-0.1, -0.05) is 24.3 Å². The predicted molar refractivity (Wildman–Crippen MR) is 127 cm³/mol. The second kappa shape index (κ2) is 10.8. The number of piperidine rings is 1. The SMILES string of the molecule is O=C(CSc1ccccc1)Nc1cnn(CC(=O)N2CCC([C@H](O)c3cccs3)CC2)c1. The minimum atomic E-state index is -0.454. The van der Waals surface area contributed by atoms with Gasteiger partial charge in [0.05, 0.1) is 23.7 Å². The molecule has 3 aromatic rings. The molecule has 1 atom stereocenters. The number of rotatable bonds is 8. The van der Waals surface area contributed by atoms with Gasteiger partial charge in [0.15, 0.2) is 0 Å². The smallest absolute Gasteiger partial charge is 0.244 e. The largest absolute Gasteiger partial charge is 0.387 e. The summed E-state index contributed by atoms with van der Waals surface area (Å²) in [5.41, 5.74) is 0.578. The molecule has 0 bridgehead atoms. The van der Waals surface area contributed by atoms with Crippen molar-refractivity contribution in [3.63, 3.8) is 0 Å². The Balaban J connectivity index is 1.21. The molecule has 2 aromatic heterocycles. The Kier molecular flexibility index (Phi) is 7.62. The first-order valence-electron chi connectivity index (χ1n) is 10.6. The summed E-state index contributed by atoms with van der Waals surface area (Å²) in [6, 6.07) is 13.7. The van der Waals surface area contributed by atoms with Gasteiger partial charge in [0.25, 0.3) is 0 Å². The fourth-order valence-corrected chi connectivity index (χ4v) is 5.30. The van der Waals surface area contributed by atoms with Gasteiger partial charge in [-0.05, 0) is 42.3 Å². The number of benzene rings is 1. The first kappa shape index (κ1) is 22.6. The van der Waals surface area contributed by atoms with Crippen LogP contribution in [0.15, 0.2) is 65.1 Å². The number of hydrogen-bond acceptors (Lipinski definition) is 6. The highest BCUT2D eigenvalue weighted by molar-refractivity contribution is 8.00. The van der Waals surface area contributed by atoms with Crippen LogP contribution >= 0.6 is 23.1 Å². The predicted octanol–water partition coefficient (Wildman–Crippen LogP) is 3.65. The molecule has 2 N–H and O–H groups in total. The number of carbonyl (C=O) groups is 2. The second-order valence-electron chi connectivity index (χ2n) is 7.75. The van der Waals surface area contributed by atoms with Crippen molar-refractivity contribution in [1.29, 1.82) is 0 Å². The number of amides is 2. The molecule has 1 aliphatic heterocycles. The zero-order valence-electron chi connectivity index (χ0n) is 17.6. The molecule has 3 heterocycles. The third-order valence-corrected chi connectivity index (χ3v) is 7.46. The average molecular weight is 471 g/mol. The maximum Gasteiger partial charge on any atom is 0.244 e. The van der Waals surface area contributed by atoms with Gasteiger partial charge in [0, 0.05) is 29.1 Å². The van der Waals surface area contributed by atoms with E-state index >= 15 is 0 Å². The van der Waals surface area contributed by atoms with Crippen LogP contribution in [0.2, 0.25) is 0 Å². The van der Waals surface area contributed by atoms with Crippen molar-refractivity contribution < 1.29 is 14.7 Å². The maximum absolute atomic E-state index is 12.7. The minimum absolute atomic E-state index is 0.00493. The summed E-state index contributed by atoms with van der Waals surface area (Å²) in [6.07, 6.45) is 4.34. The van der Waals surface area contributed by atoms with Crippen LogP contribution in [0.1, 0.15) is 23.8 Å². The van der Waals surface area contributed by atoms with Crippen molar-refractivity contribution in [2.24, 2.45) is 5.92 Å². The lowest BCUT2D eigenvalue weighted by molar-refractivity contribution is -0.134. The summed E-state index contributed by atoms with van der Waals surface area (Å²) < 4.78 is 1.55. The Hall–Kier alpha value is -2.62. The lowest BCUT2D eigenvalue weighted by Crippen LogP contribution is -2.41. The van der Waals surface area contributed by atoms with Gasteiger partial charge in [-0.3, -0.25) is 14.3 Å². The van der Waals surface area contributed by atoms with Gasteiger partial charge >= 0.3 is 0 Å². The zero-order chi connectivity index (χ0) is 22.3. The second-order valence-corrected chi connectivity index (χ2v) is 9.78. The van der Waals surface area contributed by atoms with Gasteiger partial charge in [0.2, 0.25) is 11.8 Å². The number of likely N-dealkylation sites (tertiary alicyclic amines) is 1. The van der Waals surface area contributed by atoms with Gasteiger partial charge in [-0.2, -0.15) is 5.10 Å². The van der Waals surface area contributed by atoms with Crippen molar-refractivity contribution in [1.82, 2.24) is 14.7 Å². The van der Waals surface area contributed by atoms with E-state index in [2.05, 4.69) is 10.4 Å². The van der Waals surface area contributed by atoms with Crippen LogP contribution in [0, 0.1) is 5.92 Å². The van der Waals surface area contributed by atoms with Crippen molar-refractivity contribution in [2.45, 2.75) is 30.4 Å². The number of thioether (sulfide) groups is 1. The monoisotopic (exact) mass is 470 g/mol. The van der Waals surface area contributed by atoms with Crippen LogP contribution in [-0.2, 0) is 16.1 Å². The Morgan fingerprint density at radius 3 is 2.69 bits per heavy atom. The van der Waals surface area contributed by atoms with E-state index in [4.69, 9.17) is 0 Å². The molecule has 2 amide bonds. The third kappa shape index (κ3) is 5.99. The first-order chi connectivity index (χ1) is 15.6. The summed E-state index contributed by atoms with van der Waals surface area (Å²) in [7, 11) is 0. The van der Waals surface area contributed by atoms with Crippen LogP contribution in [0.3, 0.4) is 0 Å². The van der Waals surface area contributed by atoms with Crippen LogP contribution in [0.5, 0.6) is 0 Å². The van der Waals surface area contributed by atoms with Gasteiger partial charge in [-0.15, -0.1) is 23.1 Å². The summed E-state index contributed by atoms with van der Waals surface area (Å²) in [5.74, 6) is 0.365. The highest BCUT2D eigenvalue weighted by atomic mass is 32.2. The summed E-state index contributed by atoms with van der Waals surface area (Å²) >= 11 is 3.04. The number of nitrogens with one attached hydrogen (secondary N) is 1. The quantitative estimate of drug-likeness (QED) is 0.491. The molecule has 1 fully saturated rings. The van der Waals surface area contributed by atoms with E-state index in [0.717, 1.165) is 22.6 Å². The Bertz CT molecular complexity index is 1020. The van der Waals surface area contributed by atoms with Crippen LogP contribution in [0.25, 0.3) is 0 Å². The van der Waals surface area contributed by atoms with E-state index in [1.807, 2.05) is 52.7 Å². The van der Waals surface area contributed by atoms with E-state index in [0.29, 0.717) is 24.5 Å². The molecule has 168 valence electrons. The lowest BCUT2D eigenvalue weighted by Gasteiger charge is -2.34. The van der Waals surface area contributed by atoms with Crippen LogP contribution < -0.4 is 5.32 Å². The molecule has 0 spiro atoms. The zero-order valence-corrected chi connectivity index (χ0v) is 19.2. The van der Waals surface area contributed by atoms with E-state index in [-0.39, 0.29) is 24.3 Å². The number of thiophene rings is 1. The molecule has 0 aliphatic carbocycles. The molecule has 0 saturated carbocycles. The number of aliphatic hydroxyl groups is 1. The van der Waals surface area contributed by atoms with E-state index in [1.165, 1.54) is 11.8 Å².